The first-order chi connectivity index (χ1) is 12.8. The zero-order valence-electron chi connectivity index (χ0n) is 13.1. The van der Waals surface area contributed by atoms with Crippen molar-refractivity contribution in [3.05, 3.63) is 65.8 Å². The zero-order chi connectivity index (χ0) is 19.3. The van der Waals surface area contributed by atoms with Gasteiger partial charge in [0.2, 0.25) is 27.2 Å². The van der Waals surface area contributed by atoms with Gasteiger partial charge in [-0.3, -0.25) is 10.1 Å². The third-order valence-corrected chi connectivity index (χ3v) is 4.69. The van der Waals surface area contributed by atoms with Crippen molar-refractivity contribution in [2.45, 2.75) is 5.92 Å². The lowest BCUT2D eigenvalue weighted by molar-refractivity contribution is -0.384. The summed E-state index contributed by atoms with van der Waals surface area (Å²) in [5.74, 6) is -0.625. The Morgan fingerprint density at radius 1 is 1.11 bits per heavy atom. The highest BCUT2D eigenvalue weighted by atomic mass is 35.5. The number of ether oxygens (including phenoxy) is 1. The Hall–Kier alpha value is -2.89. The molecular weight excluding hydrogens is 414 g/mol. The minimum absolute atomic E-state index is 0.0240. The maximum atomic E-state index is 10.9. The van der Waals surface area contributed by atoms with Crippen molar-refractivity contribution in [3.8, 4) is 17.6 Å². The summed E-state index contributed by atoms with van der Waals surface area (Å²) in [7, 11) is 0. The molecular formula is C15H8ClN5O4S2. The minimum Gasteiger partial charge on any atom is -0.493 e. The average Bonchev–Trinajstić information content (AvgIpc) is 2.59. The van der Waals surface area contributed by atoms with E-state index in [0.29, 0.717) is 11.1 Å². The number of nitrogens with zero attached hydrogens (tertiary/aromatic N) is 3. The molecule has 0 aliphatic carbocycles. The highest BCUT2D eigenvalue weighted by molar-refractivity contribution is 7.71. The molecule has 9 nitrogen and oxygen atoms in total. The number of hydrogen-bond acceptors (Lipinski definition) is 8. The Morgan fingerprint density at radius 2 is 1.70 bits per heavy atom. The van der Waals surface area contributed by atoms with Crippen LogP contribution in [0.25, 0.3) is 0 Å². The van der Waals surface area contributed by atoms with Gasteiger partial charge in [-0.25, -0.2) is 4.98 Å². The molecule has 0 amide bonds. The number of rotatable bonds is 2. The van der Waals surface area contributed by atoms with Gasteiger partial charge in [0.1, 0.15) is 5.15 Å². The standard InChI is InChI=1S/C15H8ClN5O4S2/c16-10-8-7(5-1-3-6(4-2-5)21(23)24)9-11(22)18-15(27)20-13(9)25-12(8)19-14(26)17-10/h1-4,7H,(H,17,19,26)(H2,18,20,22,27). The van der Waals surface area contributed by atoms with Crippen LogP contribution < -0.4 is 4.74 Å². The molecule has 3 N–H and O–H groups in total. The third-order valence-electron chi connectivity index (χ3n) is 4.02. The Balaban J connectivity index is 2.02. The molecule has 1 aliphatic heterocycles. The number of benzene rings is 1. The summed E-state index contributed by atoms with van der Waals surface area (Å²) >= 11 is 16.3. The molecule has 0 saturated carbocycles. The van der Waals surface area contributed by atoms with Crippen LogP contribution in [0, 0.1) is 19.7 Å². The maximum absolute atomic E-state index is 10.9. The lowest BCUT2D eigenvalue weighted by Gasteiger charge is -2.28. The van der Waals surface area contributed by atoms with E-state index >= 15 is 0 Å². The summed E-state index contributed by atoms with van der Waals surface area (Å²) in [6.07, 6.45) is 0. The number of nitro groups is 1. The molecule has 4 rings (SSSR count). The second-order valence-electron chi connectivity index (χ2n) is 5.57. The maximum Gasteiger partial charge on any atom is 0.269 e. The molecule has 0 spiro atoms. The van der Waals surface area contributed by atoms with Crippen molar-refractivity contribution in [3.63, 3.8) is 0 Å². The monoisotopic (exact) mass is 421 g/mol. The summed E-state index contributed by atoms with van der Waals surface area (Å²) in [6.45, 7) is 0. The molecule has 2 aromatic heterocycles. The van der Waals surface area contributed by atoms with E-state index < -0.39 is 10.8 Å². The largest absolute Gasteiger partial charge is 0.493 e. The summed E-state index contributed by atoms with van der Waals surface area (Å²) < 4.78 is 5.87. The van der Waals surface area contributed by atoms with Gasteiger partial charge in [0.05, 0.1) is 22.0 Å². The molecule has 3 aromatic rings. The van der Waals surface area contributed by atoms with Crippen molar-refractivity contribution in [1.29, 1.82) is 0 Å². The zero-order valence-corrected chi connectivity index (χ0v) is 15.5. The van der Waals surface area contributed by atoms with Gasteiger partial charge in [-0.15, -0.1) is 0 Å². The predicted octanol–water partition coefficient (Wildman–Crippen LogP) is 4.14. The SMILES string of the molecule is O=[N+]([O-])c1ccc(C2c3c(O)nc(=S)[nH]c3Oc3[nH]c(=S)nc(Cl)c32)cc1. The second-order valence-corrected chi connectivity index (χ2v) is 6.70. The van der Waals surface area contributed by atoms with Crippen LogP contribution in [0.2, 0.25) is 5.15 Å². The van der Waals surface area contributed by atoms with Crippen LogP contribution in [0.5, 0.6) is 17.6 Å². The molecule has 0 radical (unpaired) electrons. The molecule has 1 aromatic carbocycles. The summed E-state index contributed by atoms with van der Waals surface area (Å²) in [6, 6.07) is 5.82. The molecule has 0 bridgehead atoms. The van der Waals surface area contributed by atoms with Gasteiger partial charge in [0.25, 0.3) is 5.69 Å². The minimum atomic E-state index is -0.671. The van der Waals surface area contributed by atoms with Crippen molar-refractivity contribution in [2.75, 3.05) is 0 Å². The fourth-order valence-electron chi connectivity index (χ4n) is 2.93. The molecule has 12 heteroatoms. The van der Waals surface area contributed by atoms with Crippen LogP contribution in [-0.2, 0) is 0 Å². The normalized spacial score (nSPS) is 14.8. The van der Waals surface area contributed by atoms with Gasteiger partial charge in [0.15, 0.2) is 0 Å². The molecule has 0 saturated heterocycles. The number of nitrogens with one attached hydrogen (secondary N) is 2. The third kappa shape index (κ3) is 2.95. The first kappa shape index (κ1) is 17.5. The van der Waals surface area contributed by atoms with Crippen LogP contribution in [0.3, 0.4) is 0 Å². The van der Waals surface area contributed by atoms with Gasteiger partial charge in [-0.1, -0.05) is 23.7 Å². The summed E-state index contributed by atoms with van der Waals surface area (Å²) in [5, 5.41) is 21.4. The van der Waals surface area contributed by atoms with Crippen molar-refractivity contribution in [2.24, 2.45) is 0 Å². The first-order valence-corrected chi connectivity index (χ1v) is 8.59. The van der Waals surface area contributed by atoms with E-state index in [1.807, 2.05) is 0 Å². The average molecular weight is 422 g/mol. The highest BCUT2D eigenvalue weighted by Gasteiger charge is 2.36. The van der Waals surface area contributed by atoms with Gasteiger partial charge >= 0.3 is 0 Å². The van der Waals surface area contributed by atoms with Gasteiger partial charge in [0, 0.05) is 12.1 Å². The molecule has 136 valence electrons. The van der Waals surface area contributed by atoms with Gasteiger partial charge < -0.3 is 19.8 Å². The fraction of sp³-hybridized carbons (Fsp3) is 0.0667. The molecule has 0 fully saturated rings. The van der Waals surface area contributed by atoms with E-state index in [1.165, 1.54) is 12.1 Å². The smallest absolute Gasteiger partial charge is 0.269 e. The summed E-state index contributed by atoms with van der Waals surface area (Å²) in [4.78, 5) is 23.9. The van der Waals surface area contributed by atoms with E-state index in [9.17, 15) is 15.2 Å². The predicted molar refractivity (Wildman–Crippen MR) is 99.6 cm³/mol. The Kier molecular flexibility index (Phi) is 4.13. The Morgan fingerprint density at radius 3 is 2.33 bits per heavy atom. The lowest BCUT2D eigenvalue weighted by atomic mass is 9.85. The molecule has 1 atom stereocenters. The summed E-state index contributed by atoms with van der Waals surface area (Å²) in [5.41, 5.74) is 1.22. The van der Waals surface area contributed by atoms with E-state index in [1.54, 1.807) is 12.1 Å². The first-order valence-electron chi connectivity index (χ1n) is 7.40. The highest BCUT2D eigenvalue weighted by Crippen LogP contribution is 2.50. The number of fused-ring (bicyclic) bond motifs is 2. The van der Waals surface area contributed by atoms with E-state index in [2.05, 4.69) is 19.9 Å². The fourth-order valence-corrected chi connectivity index (χ4v) is 3.62. The number of non-ortho nitro benzene ring substituents is 1. The Labute approximate surface area is 165 Å². The van der Waals surface area contributed by atoms with Crippen molar-refractivity contribution >= 4 is 41.7 Å². The van der Waals surface area contributed by atoms with Gasteiger partial charge in [-0.2, -0.15) is 4.98 Å². The number of hydrogen-bond donors (Lipinski definition) is 3. The van der Waals surface area contributed by atoms with Crippen LogP contribution >= 0.6 is 36.0 Å². The molecule has 1 unspecified atom stereocenters. The van der Waals surface area contributed by atoms with Gasteiger partial charge in [-0.05, 0) is 30.0 Å². The van der Waals surface area contributed by atoms with E-state index in [0.717, 1.165) is 0 Å². The van der Waals surface area contributed by atoms with E-state index in [-0.39, 0.29) is 43.6 Å². The van der Waals surface area contributed by atoms with Crippen molar-refractivity contribution in [1.82, 2.24) is 19.9 Å². The number of H-pyrrole nitrogens is 2. The lowest BCUT2D eigenvalue weighted by Crippen LogP contribution is -2.16. The molecule has 27 heavy (non-hydrogen) atoms. The quantitative estimate of drug-likeness (QED) is 0.190. The topological polar surface area (TPSA) is 130 Å². The van der Waals surface area contributed by atoms with Crippen molar-refractivity contribution < 1.29 is 14.8 Å². The second kappa shape index (κ2) is 6.37. The van der Waals surface area contributed by atoms with Crippen LogP contribution in [-0.4, -0.2) is 30.0 Å². The number of aromatic hydroxyl groups is 1. The number of aromatic amines is 2. The Bertz CT molecular complexity index is 1140. The van der Waals surface area contributed by atoms with Crippen LogP contribution in [0.4, 0.5) is 5.69 Å². The van der Waals surface area contributed by atoms with Crippen LogP contribution in [0.15, 0.2) is 24.3 Å². The number of halogens is 1. The number of aromatic nitrogens is 4. The van der Waals surface area contributed by atoms with Crippen LogP contribution in [0.1, 0.15) is 22.6 Å². The van der Waals surface area contributed by atoms with E-state index in [4.69, 9.17) is 40.8 Å². The molecule has 1 aliphatic rings. The number of nitro benzene ring substituents is 1. The molecule has 3 heterocycles.